The molecule has 1 saturated carbocycles. The highest BCUT2D eigenvalue weighted by Crippen LogP contribution is 2.32. The summed E-state index contributed by atoms with van der Waals surface area (Å²) in [6.45, 7) is 1.20. The van der Waals surface area contributed by atoms with Crippen LogP contribution in [0, 0.1) is 11.7 Å². The zero-order valence-electron chi connectivity index (χ0n) is 21.4. The zero-order valence-corrected chi connectivity index (χ0v) is 22.2. The predicted molar refractivity (Wildman–Crippen MR) is 141 cm³/mol. The van der Waals surface area contributed by atoms with Gasteiger partial charge in [-0.2, -0.15) is 0 Å². The zero-order chi connectivity index (χ0) is 27.1. The molecule has 1 saturated heterocycles. The highest BCUT2D eigenvalue weighted by molar-refractivity contribution is 6.30. The highest BCUT2D eigenvalue weighted by atomic mass is 35.5. The molecule has 0 spiro atoms. The number of halogens is 2. The van der Waals surface area contributed by atoms with Crippen LogP contribution in [0.4, 0.5) is 4.39 Å². The molecule has 0 radical (unpaired) electrons. The molecule has 1 unspecified atom stereocenters. The molecule has 0 aromatic heterocycles. The molecule has 2 aromatic rings. The summed E-state index contributed by atoms with van der Waals surface area (Å²) in [5.41, 5.74) is 1.57. The molecule has 4 rings (SSSR count). The average molecular weight is 545 g/mol. The Morgan fingerprint density at radius 3 is 2.39 bits per heavy atom. The Morgan fingerprint density at radius 2 is 1.76 bits per heavy atom. The summed E-state index contributed by atoms with van der Waals surface area (Å²) in [6.07, 6.45) is 6.08. The van der Waals surface area contributed by atoms with E-state index in [1.807, 2.05) is 12.1 Å². The van der Waals surface area contributed by atoms with Gasteiger partial charge in [0.05, 0.1) is 13.0 Å². The molecule has 1 heterocycles. The number of carboxylic acids is 1. The van der Waals surface area contributed by atoms with Crippen molar-refractivity contribution in [3.8, 4) is 5.75 Å². The number of likely N-dealkylation sites (tertiary alicyclic amines) is 1. The number of carbonyl (C=O) groups excluding carboxylic acids is 2. The number of benzene rings is 2. The summed E-state index contributed by atoms with van der Waals surface area (Å²) in [5.74, 6) is -1.40. The summed E-state index contributed by atoms with van der Waals surface area (Å²) >= 11 is 6.09. The van der Waals surface area contributed by atoms with Gasteiger partial charge in [0.2, 0.25) is 11.8 Å². The van der Waals surface area contributed by atoms with Gasteiger partial charge in [-0.05, 0) is 54.2 Å². The third kappa shape index (κ3) is 7.54. The van der Waals surface area contributed by atoms with Crippen molar-refractivity contribution in [3.63, 3.8) is 0 Å². The van der Waals surface area contributed by atoms with Crippen LogP contribution in [0.1, 0.15) is 68.5 Å². The van der Waals surface area contributed by atoms with Gasteiger partial charge < -0.3 is 9.84 Å². The van der Waals surface area contributed by atoms with Crippen LogP contribution in [-0.2, 0) is 20.9 Å². The average Bonchev–Trinajstić information content (AvgIpc) is 3.21. The molecular formula is C29H34ClFN2O5. The SMILES string of the molecule is O=C(O)CC(c1ccc(Cl)cc1)N(Cc1ccc(OCCN2C(=O)CCC2=O)c(F)c1)CC1CCCCC1. The van der Waals surface area contributed by atoms with E-state index in [2.05, 4.69) is 4.90 Å². The van der Waals surface area contributed by atoms with Crippen LogP contribution in [0.15, 0.2) is 42.5 Å². The molecule has 0 bridgehead atoms. The van der Waals surface area contributed by atoms with Crippen molar-refractivity contribution in [1.29, 1.82) is 0 Å². The lowest BCUT2D eigenvalue weighted by Gasteiger charge is -2.35. The molecule has 7 nitrogen and oxygen atoms in total. The van der Waals surface area contributed by atoms with Crippen LogP contribution >= 0.6 is 11.6 Å². The largest absolute Gasteiger partial charge is 0.489 e. The summed E-state index contributed by atoms with van der Waals surface area (Å²) < 4.78 is 20.5. The number of imide groups is 1. The van der Waals surface area contributed by atoms with Crippen LogP contribution in [0.5, 0.6) is 5.75 Å². The van der Waals surface area contributed by atoms with Gasteiger partial charge in [0.25, 0.3) is 0 Å². The molecule has 2 amide bonds. The topological polar surface area (TPSA) is 87.2 Å². The van der Waals surface area contributed by atoms with Crippen LogP contribution in [0.2, 0.25) is 5.02 Å². The lowest BCUT2D eigenvalue weighted by atomic mass is 9.88. The lowest BCUT2D eigenvalue weighted by molar-refractivity contribution is -0.140. The first-order chi connectivity index (χ1) is 18.3. The van der Waals surface area contributed by atoms with Gasteiger partial charge in [-0.3, -0.25) is 24.2 Å². The molecule has 1 aliphatic carbocycles. The molecule has 1 N–H and O–H groups in total. The van der Waals surface area contributed by atoms with E-state index in [1.54, 1.807) is 24.3 Å². The van der Waals surface area contributed by atoms with E-state index < -0.39 is 11.8 Å². The molecule has 2 fully saturated rings. The van der Waals surface area contributed by atoms with Crippen molar-refractivity contribution in [2.45, 2.75) is 64.0 Å². The van der Waals surface area contributed by atoms with Gasteiger partial charge >= 0.3 is 5.97 Å². The third-order valence-corrected chi connectivity index (χ3v) is 7.64. The van der Waals surface area contributed by atoms with Crippen molar-refractivity contribution in [1.82, 2.24) is 9.80 Å². The van der Waals surface area contributed by atoms with E-state index >= 15 is 0 Å². The van der Waals surface area contributed by atoms with Crippen molar-refractivity contribution in [3.05, 3.63) is 64.4 Å². The second kappa shape index (κ2) is 13.2. The van der Waals surface area contributed by atoms with E-state index in [-0.39, 0.29) is 56.0 Å². The monoisotopic (exact) mass is 544 g/mol. The van der Waals surface area contributed by atoms with E-state index in [4.69, 9.17) is 16.3 Å². The molecule has 204 valence electrons. The van der Waals surface area contributed by atoms with Gasteiger partial charge in [0.15, 0.2) is 11.6 Å². The minimum absolute atomic E-state index is 0.0127. The van der Waals surface area contributed by atoms with Crippen molar-refractivity contribution < 1.29 is 28.6 Å². The maximum absolute atomic E-state index is 15.0. The maximum Gasteiger partial charge on any atom is 0.305 e. The first-order valence-corrected chi connectivity index (χ1v) is 13.6. The van der Waals surface area contributed by atoms with Crippen LogP contribution < -0.4 is 4.74 Å². The summed E-state index contributed by atoms with van der Waals surface area (Å²) in [5, 5.41) is 10.3. The second-order valence-corrected chi connectivity index (χ2v) is 10.6. The molecule has 38 heavy (non-hydrogen) atoms. The normalized spacial score (nSPS) is 17.3. The van der Waals surface area contributed by atoms with Crippen LogP contribution in [-0.4, -0.2) is 52.4 Å². The number of carbonyl (C=O) groups is 3. The lowest BCUT2D eigenvalue weighted by Crippen LogP contribution is -2.35. The van der Waals surface area contributed by atoms with E-state index in [9.17, 15) is 23.9 Å². The van der Waals surface area contributed by atoms with E-state index in [1.165, 1.54) is 25.3 Å². The highest BCUT2D eigenvalue weighted by Gasteiger charge is 2.29. The van der Waals surface area contributed by atoms with Crippen molar-refractivity contribution in [2.75, 3.05) is 19.7 Å². The maximum atomic E-state index is 15.0. The summed E-state index contributed by atoms with van der Waals surface area (Å²) in [6, 6.07) is 11.6. The van der Waals surface area contributed by atoms with Gasteiger partial charge in [0.1, 0.15) is 6.61 Å². The molecule has 2 aromatic carbocycles. The van der Waals surface area contributed by atoms with Gasteiger partial charge in [-0.25, -0.2) is 4.39 Å². The number of hydrogen-bond acceptors (Lipinski definition) is 5. The fourth-order valence-electron chi connectivity index (χ4n) is 5.42. The quantitative estimate of drug-likeness (QED) is 0.350. The fourth-order valence-corrected chi connectivity index (χ4v) is 5.55. The molecule has 1 atom stereocenters. The predicted octanol–water partition coefficient (Wildman–Crippen LogP) is 5.61. The third-order valence-electron chi connectivity index (χ3n) is 7.39. The Morgan fingerprint density at radius 1 is 1.08 bits per heavy atom. The molecule has 2 aliphatic rings. The molecular weight excluding hydrogens is 511 g/mol. The Balaban J connectivity index is 1.49. The first-order valence-electron chi connectivity index (χ1n) is 13.3. The molecule has 1 aliphatic heterocycles. The summed E-state index contributed by atoms with van der Waals surface area (Å²) in [4.78, 5) is 38.7. The fraction of sp³-hybridized carbons (Fsp3) is 0.483. The van der Waals surface area contributed by atoms with E-state index in [0.29, 0.717) is 23.0 Å². The second-order valence-electron chi connectivity index (χ2n) is 10.2. The van der Waals surface area contributed by atoms with Gasteiger partial charge in [-0.1, -0.05) is 49.1 Å². The van der Waals surface area contributed by atoms with Crippen molar-refractivity contribution >= 4 is 29.4 Å². The van der Waals surface area contributed by atoms with Crippen LogP contribution in [0.3, 0.4) is 0 Å². The Kier molecular flexibility index (Phi) is 9.74. The van der Waals surface area contributed by atoms with Gasteiger partial charge in [-0.15, -0.1) is 0 Å². The number of rotatable bonds is 12. The number of aliphatic carboxylic acids is 1. The number of hydrogen-bond donors (Lipinski definition) is 1. The minimum atomic E-state index is -0.900. The van der Waals surface area contributed by atoms with E-state index in [0.717, 1.165) is 29.8 Å². The smallest absolute Gasteiger partial charge is 0.305 e. The van der Waals surface area contributed by atoms with Gasteiger partial charge in [0, 0.05) is 37.0 Å². The molecule has 9 heteroatoms. The minimum Gasteiger partial charge on any atom is -0.489 e. The Bertz CT molecular complexity index is 1120. The number of ether oxygens (including phenoxy) is 1. The first kappa shape index (κ1) is 28.0. The van der Waals surface area contributed by atoms with Crippen LogP contribution in [0.25, 0.3) is 0 Å². The number of amides is 2. The number of carboxylic acid groups (broad SMARTS) is 1. The number of nitrogens with zero attached hydrogens (tertiary/aromatic N) is 2. The summed E-state index contributed by atoms with van der Waals surface area (Å²) in [7, 11) is 0. The Labute approximate surface area is 227 Å². The Hall–Kier alpha value is -2.97. The standard InChI is InChI=1S/C29H34ClFN2O5/c30-23-9-7-22(8-10-23)25(17-29(36)37)32(18-20-4-2-1-3-5-20)19-21-6-11-26(24(31)16-21)38-15-14-33-27(34)12-13-28(33)35/h6-11,16,20,25H,1-5,12-15,17-19H2,(H,36,37). The van der Waals surface area contributed by atoms with Crippen molar-refractivity contribution in [2.24, 2.45) is 5.92 Å².